The molecule has 0 saturated heterocycles. The number of aldehydes is 1. The van der Waals surface area contributed by atoms with Crippen LogP contribution in [0.1, 0.15) is 18.4 Å². The van der Waals surface area contributed by atoms with Crippen molar-refractivity contribution in [2.45, 2.75) is 30.3 Å². The molecule has 1 aromatic carbocycles. The minimum atomic E-state index is -3.54. The highest BCUT2D eigenvalue weighted by Crippen LogP contribution is 2.29. The Balaban J connectivity index is 1.96. The van der Waals surface area contributed by atoms with Crippen LogP contribution in [0.25, 0.3) is 0 Å². The Hall–Kier alpha value is -1.27. The first-order valence-electron chi connectivity index (χ1n) is 6.17. The van der Waals surface area contributed by atoms with Gasteiger partial charge in [-0.3, -0.25) is 0 Å². The molecule has 0 heterocycles. The van der Waals surface area contributed by atoms with Crippen molar-refractivity contribution in [3.8, 4) is 0 Å². The molecule has 104 valence electrons. The van der Waals surface area contributed by atoms with Crippen LogP contribution in [0.4, 0.5) is 4.39 Å². The Morgan fingerprint density at radius 2 is 1.89 bits per heavy atom. The van der Waals surface area contributed by atoms with Gasteiger partial charge in [-0.25, -0.2) is 17.5 Å². The van der Waals surface area contributed by atoms with Crippen LogP contribution in [-0.4, -0.2) is 27.4 Å². The van der Waals surface area contributed by atoms with Gasteiger partial charge >= 0.3 is 0 Å². The number of rotatable bonds is 6. The van der Waals surface area contributed by atoms with E-state index in [9.17, 15) is 17.6 Å². The molecule has 1 saturated carbocycles. The zero-order valence-corrected chi connectivity index (χ0v) is 11.2. The van der Waals surface area contributed by atoms with E-state index in [1.54, 1.807) is 12.1 Å². The lowest BCUT2D eigenvalue weighted by molar-refractivity contribution is -0.107. The maximum Gasteiger partial charge on any atom is 0.240 e. The number of alkyl halides is 1. The van der Waals surface area contributed by atoms with Crippen LogP contribution in [0.15, 0.2) is 29.2 Å². The third-order valence-corrected chi connectivity index (χ3v) is 4.73. The molecule has 2 rings (SSSR count). The normalized spacial score (nSPS) is 22.8. The molecule has 1 fully saturated rings. The first-order valence-corrected chi connectivity index (χ1v) is 7.66. The minimum Gasteiger partial charge on any atom is -0.303 e. The zero-order chi connectivity index (χ0) is 13.9. The molecule has 0 unspecified atom stereocenters. The number of hydrogen-bond acceptors (Lipinski definition) is 3. The summed E-state index contributed by atoms with van der Waals surface area (Å²) in [5.74, 6) is 0.0964. The van der Waals surface area contributed by atoms with E-state index >= 15 is 0 Å². The number of benzene rings is 1. The predicted molar refractivity (Wildman–Crippen MR) is 69.0 cm³/mol. The van der Waals surface area contributed by atoms with Crippen LogP contribution < -0.4 is 4.72 Å². The van der Waals surface area contributed by atoms with Crippen LogP contribution >= 0.6 is 0 Å². The summed E-state index contributed by atoms with van der Waals surface area (Å²) >= 11 is 0. The monoisotopic (exact) mass is 285 g/mol. The van der Waals surface area contributed by atoms with E-state index in [4.69, 9.17) is 0 Å². The zero-order valence-electron chi connectivity index (χ0n) is 10.4. The van der Waals surface area contributed by atoms with Crippen LogP contribution in [0.5, 0.6) is 0 Å². The highest BCUT2D eigenvalue weighted by atomic mass is 32.2. The molecule has 1 aliphatic rings. The summed E-state index contributed by atoms with van der Waals surface area (Å²) in [6, 6.07) is 6.17. The molecule has 0 spiro atoms. The van der Waals surface area contributed by atoms with Gasteiger partial charge in [0.1, 0.15) is 12.5 Å². The number of sulfonamides is 1. The molecule has 19 heavy (non-hydrogen) atoms. The van der Waals surface area contributed by atoms with Gasteiger partial charge in [-0.1, -0.05) is 12.1 Å². The van der Waals surface area contributed by atoms with Gasteiger partial charge in [0.05, 0.1) is 4.90 Å². The van der Waals surface area contributed by atoms with Gasteiger partial charge in [0.2, 0.25) is 10.0 Å². The predicted octanol–water partition coefficient (Wildman–Crippen LogP) is 1.45. The van der Waals surface area contributed by atoms with Gasteiger partial charge < -0.3 is 4.79 Å². The topological polar surface area (TPSA) is 63.2 Å². The molecular weight excluding hydrogens is 269 g/mol. The molecule has 0 amide bonds. The van der Waals surface area contributed by atoms with Crippen molar-refractivity contribution < 1.29 is 17.6 Å². The highest BCUT2D eigenvalue weighted by molar-refractivity contribution is 7.89. The van der Waals surface area contributed by atoms with Crippen molar-refractivity contribution >= 4 is 16.3 Å². The molecule has 0 radical (unpaired) electrons. The van der Waals surface area contributed by atoms with Gasteiger partial charge in [-0.15, -0.1) is 0 Å². The third-order valence-electron chi connectivity index (χ3n) is 3.29. The summed E-state index contributed by atoms with van der Waals surface area (Å²) in [7, 11) is -3.54. The Labute approximate surface area is 112 Å². The first kappa shape index (κ1) is 14.1. The second kappa shape index (κ2) is 5.79. The fourth-order valence-electron chi connectivity index (χ4n) is 2.03. The molecule has 1 aliphatic carbocycles. The van der Waals surface area contributed by atoms with Crippen LogP contribution in [0.2, 0.25) is 0 Å². The molecule has 0 bridgehead atoms. The van der Waals surface area contributed by atoms with E-state index < -0.39 is 16.2 Å². The summed E-state index contributed by atoms with van der Waals surface area (Å²) in [4.78, 5) is 10.5. The fourth-order valence-corrected chi connectivity index (χ4v) is 3.15. The van der Waals surface area contributed by atoms with Crippen molar-refractivity contribution in [3.05, 3.63) is 29.8 Å². The lowest BCUT2D eigenvalue weighted by atomic mass is 9.84. The Morgan fingerprint density at radius 1 is 1.26 bits per heavy atom. The number of carbonyl (C=O) groups is 1. The largest absolute Gasteiger partial charge is 0.303 e. The van der Waals surface area contributed by atoms with Gasteiger partial charge in [-0.2, -0.15) is 0 Å². The van der Waals surface area contributed by atoms with E-state index in [0.717, 1.165) is 11.8 Å². The minimum absolute atomic E-state index is 0.0964. The van der Waals surface area contributed by atoms with Gasteiger partial charge in [-0.05, 0) is 36.5 Å². The summed E-state index contributed by atoms with van der Waals surface area (Å²) in [5.41, 5.74) is 0.771. The van der Waals surface area contributed by atoms with E-state index in [0.29, 0.717) is 12.8 Å². The molecule has 0 aromatic heterocycles. The van der Waals surface area contributed by atoms with Crippen LogP contribution in [-0.2, 0) is 21.2 Å². The fraction of sp³-hybridized carbons (Fsp3) is 0.462. The molecule has 0 aliphatic heterocycles. The highest BCUT2D eigenvalue weighted by Gasteiger charge is 2.29. The van der Waals surface area contributed by atoms with Crippen molar-refractivity contribution in [2.75, 3.05) is 6.54 Å². The van der Waals surface area contributed by atoms with E-state index in [-0.39, 0.29) is 23.8 Å². The Kier molecular flexibility index (Phi) is 4.31. The third kappa shape index (κ3) is 3.61. The number of halogens is 1. The van der Waals surface area contributed by atoms with E-state index in [1.165, 1.54) is 12.1 Å². The first-order chi connectivity index (χ1) is 9.01. The molecule has 1 N–H and O–H groups in total. The lowest BCUT2D eigenvalue weighted by Gasteiger charge is -2.29. The molecule has 1 aromatic rings. The summed E-state index contributed by atoms with van der Waals surface area (Å²) < 4.78 is 39.0. The van der Waals surface area contributed by atoms with Gasteiger partial charge in [0, 0.05) is 13.0 Å². The average Bonchev–Trinajstić information content (AvgIpc) is 2.34. The quantitative estimate of drug-likeness (QED) is 0.805. The van der Waals surface area contributed by atoms with Crippen molar-refractivity contribution in [1.29, 1.82) is 0 Å². The molecule has 4 nitrogen and oxygen atoms in total. The number of nitrogens with one attached hydrogen (secondary N) is 1. The average molecular weight is 285 g/mol. The SMILES string of the molecule is O=CCc1ccc(S(=O)(=O)NCC2CC(F)C2)cc1. The van der Waals surface area contributed by atoms with Gasteiger partial charge in [0.25, 0.3) is 0 Å². The Bertz CT molecular complexity index is 536. The lowest BCUT2D eigenvalue weighted by Crippen LogP contribution is -2.36. The van der Waals surface area contributed by atoms with Crippen molar-refractivity contribution in [2.24, 2.45) is 5.92 Å². The maximum absolute atomic E-state index is 12.6. The molecule has 6 heteroatoms. The van der Waals surface area contributed by atoms with E-state index in [2.05, 4.69) is 4.72 Å². The van der Waals surface area contributed by atoms with Gasteiger partial charge in [0.15, 0.2) is 0 Å². The summed E-state index contributed by atoms with van der Waals surface area (Å²) in [6.07, 6.45) is 1.12. The maximum atomic E-state index is 12.6. The summed E-state index contributed by atoms with van der Waals surface area (Å²) in [5, 5.41) is 0. The van der Waals surface area contributed by atoms with E-state index in [1.807, 2.05) is 0 Å². The Morgan fingerprint density at radius 3 is 2.42 bits per heavy atom. The van der Waals surface area contributed by atoms with Crippen molar-refractivity contribution in [1.82, 2.24) is 4.72 Å². The molecule has 0 atom stereocenters. The van der Waals surface area contributed by atoms with Crippen LogP contribution in [0, 0.1) is 5.92 Å². The second-order valence-corrected chi connectivity index (χ2v) is 6.57. The number of carbonyl (C=O) groups excluding carboxylic acids is 1. The second-order valence-electron chi connectivity index (χ2n) is 4.80. The number of hydrogen-bond donors (Lipinski definition) is 1. The van der Waals surface area contributed by atoms with Crippen molar-refractivity contribution in [3.63, 3.8) is 0 Å². The standard InChI is InChI=1S/C13H16FNO3S/c14-12-7-11(8-12)9-15-19(17,18)13-3-1-10(2-4-13)5-6-16/h1-4,6,11-12,15H,5,7-9H2. The van der Waals surface area contributed by atoms with Crippen LogP contribution in [0.3, 0.4) is 0 Å². The smallest absolute Gasteiger partial charge is 0.240 e. The summed E-state index contributed by atoms with van der Waals surface area (Å²) in [6.45, 7) is 0.277. The molecular formula is C13H16FNO3S.